The van der Waals surface area contributed by atoms with Gasteiger partial charge in [-0.25, -0.2) is 9.67 Å². The van der Waals surface area contributed by atoms with Crippen molar-refractivity contribution < 1.29 is 4.79 Å². The summed E-state index contributed by atoms with van der Waals surface area (Å²) in [5.41, 5.74) is 1.06. The Balaban J connectivity index is 1.53. The third-order valence-corrected chi connectivity index (χ3v) is 6.72. The molecule has 8 nitrogen and oxygen atoms in total. The van der Waals surface area contributed by atoms with Gasteiger partial charge in [0, 0.05) is 35.5 Å². The summed E-state index contributed by atoms with van der Waals surface area (Å²) in [6.45, 7) is 3.79. The molecule has 33 heavy (non-hydrogen) atoms. The SMILES string of the molecule is CCCCCCC(=O)N1CCCC(c2nc3c(nnn3Cc3ccc(Cl)cc3Cl)c(=O)[nH]2)C1. The monoisotopic (exact) mass is 490 g/mol. The van der Waals surface area contributed by atoms with Gasteiger partial charge in [-0.3, -0.25) is 9.59 Å². The summed E-state index contributed by atoms with van der Waals surface area (Å²) in [5, 5.41) is 9.19. The zero-order chi connectivity index (χ0) is 23.4. The van der Waals surface area contributed by atoms with Gasteiger partial charge in [-0.05, 0) is 37.0 Å². The molecule has 1 aliphatic heterocycles. The van der Waals surface area contributed by atoms with Crippen molar-refractivity contribution in [3.8, 4) is 0 Å². The van der Waals surface area contributed by atoms with Crippen molar-refractivity contribution in [1.29, 1.82) is 0 Å². The van der Waals surface area contributed by atoms with Crippen LogP contribution in [0.5, 0.6) is 0 Å². The summed E-state index contributed by atoms with van der Waals surface area (Å²) < 4.78 is 1.57. The number of carbonyl (C=O) groups is 1. The lowest BCUT2D eigenvalue weighted by Crippen LogP contribution is -2.39. The number of fused-ring (bicyclic) bond motifs is 1. The van der Waals surface area contributed by atoms with Crippen molar-refractivity contribution in [2.24, 2.45) is 0 Å². The number of benzene rings is 1. The second-order valence-corrected chi connectivity index (χ2v) is 9.44. The first kappa shape index (κ1) is 23.7. The summed E-state index contributed by atoms with van der Waals surface area (Å²) in [5.74, 6) is 0.725. The summed E-state index contributed by atoms with van der Waals surface area (Å²) in [4.78, 5) is 34.9. The fourth-order valence-electron chi connectivity index (χ4n) is 4.28. The van der Waals surface area contributed by atoms with Gasteiger partial charge in [0.25, 0.3) is 5.56 Å². The molecule has 0 bridgehead atoms. The van der Waals surface area contributed by atoms with Crippen LogP contribution in [-0.2, 0) is 11.3 Å². The topological polar surface area (TPSA) is 96.8 Å². The molecular formula is C23H28Cl2N6O2. The van der Waals surface area contributed by atoms with Crippen LogP contribution >= 0.6 is 23.2 Å². The highest BCUT2D eigenvalue weighted by atomic mass is 35.5. The van der Waals surface area contributed by atoms with Gasteiger partial charge >= 0.3 is 0 Å². The molecule has 1 aromatic carbocycles. The predicted octanol–water partition coefficient (Wildman–Crippen LogP) is 4.55. The van der Waals surface area contributed by atoms with E-state index in [0.29, 0.717) is 41.0 Å². The molecule has 1 saturated heterocycles. The van der Waals surface area contributed by atoms with Crippen LogP contribution in [0.25, 0.3) is 11.2 Å². The maximum Gasteiger partial charge on any atom is 0.281 e. The van der Waals surface area contributed by atoms with Crippen LogP contribution in [0, 0.1) is 0 Å². The van der Waals surface area contributed by atoms with E-state index in [4.69, 9.17) is 28.2 Å². The molecule has 3 aromatic rings. The first-order valence-electron chi connectivity index (χ1n) is 11.5. The van der Waals surface area contributed by atoms with E-state index in [1.54, 1.807) is 16.8 Å². The average Bonchev–Trinajstić information content (AvgIpc) is 3.22. The van der Waals surface area contributed by atoms with Gasteiger partial charge in [-0.15, -0.1) is 5.10 Å². The highest BCUT2D eigenvalue weighted by Gasteiger charge is 2.27. The number of carbonyl (C=O) groups excluding carboxylic acids is 1. The number of aromatic nitrogens is 5. The Labute approximate surface area is 202 Å². The molecule has 0 aliphatic carbocycles. The minimum atomic E-state index is -0.327. The van der Waals surface area contributed by atoms with Crippen molar-refractivity contribution in [3.63, 3.8) is 0 Å². The van der Waals surface area contributed by atoms with Crippen molar-refractivity contribution in [1.82, 2.24) is 29.9 Å². The molecule has 1 fully saturated rings. The number of H-pyrrole nitrogens is 1. The largest absolute Gasteiger partial charge is 0.342 e. The Hall–Kier alpha value is -2.45. The van der Waals surface area contributed by atoms with Gasteiger partial charge in [0.1, 0.15) is 5.82 Å². The summed E-state index contributed by atoms with van der Waals surface area (Å²) in [7, 11) is 0. The van der Waals surface area contributed by atoms with Gasteiger partial charge < -0.3 is 9.88 Å². The second-order valence-electron chi connectivity index (χ2n) is 8.60. The molecule has 0 saturated carbocycles. The molecule has 4 rings (SSSR count). The van der Waals surface area contributed by atoms with Crippen LogP contribution in [0.2, 0.25) is 10.0 Å². The smallest absolute Gasteiger partial charge is 0.281 e. The van der Waals surface area contributed by atoms with E-state index >= 15 is 0 Å². The lowest BCUT2D eigenvalue weighted by molar-refractivity contribution is -0.132. The Morgan fingerprint density at radius 1 is 1.24 bits per heavy atom. The molecule has 3 heterocycles. The zero-order valence-corrected chi connectivity index (χ0v) is 20.2. The summed E-state index contributed by atoms with van der Waals surface area (Å²) in [6.07, 6.45) is 6.63. The van der Waals surface area contributed by atoms with Crippen LogP contribution in [0.1, 0.15) is 69.2 Å². The van der Waals surface area contributed by atoms with Crippen molar-refractivity contribution in [3.05, 3.63) is 50.0 Å². The van der Waals surface area contributed by atoms with Crippen molar-refractivity contribution >= 4 is 40.3 Å². The molecular weight excluding hydrogens is 463 g/mol. The first-order valence-corrected chi connectivity index (χ1v) is 12.3. The predicted molar refractivity (Wildman–Crippen MR) is 129 cm³/mol. The highest BCUT2D eigenvalue weighted by Crippen LogP contribution is 2.26. The third-order valence-electron chi connectivity index (χ3n) is 6.13. The summed E-state index contributed by atoms with van der Waals surface area (Å²) in [6, 6.07) is 5.24. The molecule has 10 heteroatoms. The van der Waals surface area contributed by atoms with Crippen LogP contribution < -0.4 is 5.56 Å². The summed E-state index contributed by atoms with van der Waals surface area (Å²) >= 11 is 12.3. The number of hydrogen-bond acceptors (Lipinski definition) is 5. The van der Waals surface area contributed by atoms with E-state index in [0.717, 1.165) is 50.6 Å². The molecule has 1 unspecified atom stereocenters. The van der Waals surface area contributed by atoms with Crippen LogP contribution in [-0.4, -0.2) is 48.9 Å². The molecule has 176 valence electrons. The van der Waals surface area contributed by atoms with E-state index in [9.17, 15) is 9.59 Å². The fraction of sp³-hybridized carbons (Fsp3) is 0.522. The number of amides is 1. The van der Waals surface area contributed by atoms with E-state index in [1.807, 2.05) is 11.0 Å². The molecule has 1 atom stereocenters. The van der Waals surface area contributed by atoms with Crippen molar-refractivity contribution in [2.45, 2.75) is 64.3 Å². The molecule has 1 aliphatic rings. The number of aromatic amines is 1. The first-order chi connectivity index (χ1) is 16.0. The minimum Gasteiger partial charge on any atom is -0.342 e. The molecule has 1 amide bonds. The molecule has 0 radical (unpaired) electrons. The Kier molecular flexibility index (Phi) is 7.65. The van der Waals surface area contributed by atoms with Gasteiger partial charge in [0.2, 0.25) is 5.91 Å². The van der Waals surface area contributed by atoms with Crippen LogP contribution in [0.15, 0.2) is 23.0 Å². The number of unbranched alkanes of at least 4 members (excludes halogenated alkanes) is 3. The number of piperidine rings is 1. The maximum atomic E-state index is 12.7. The standard InChI is InChI=1S/C23H28Cl2N6O2/c1-2-3-4-5-8-19(32)30-11-6-7-16(13-30)21-26-22-20(23(33)27-21)28-29-31(22)14-15-9-10-17(24)12-18(15)25/h9-10,12,16H,2-8,11,13-14H2,1H3,(H,26,27,33). The number of hydrogen-bond donors (Lipinski definition) is 1. The quantitative estimate of drug-likeness (QED) is 0.467. The van der Waals surface area contributed by atoms with Gasteiger partial charge in [-0.1, -0.05) is 60.7 Å². The van der Waals surface area contributed by atoms with Gasteiger partial charge in [-0.2, -0.15) is 0 Å². The van der Waals surface area contributed by atoms with E-state index in [2.05, 4.69) is 22.2 Å². The number of halogens is 2. The van der Waals surface area contributed by atoms with Crippen LogP contribution in [0.4, 0.5) is 0 Å². The number of likely N-dealkylation sites (tertiary alicyclic amines) is 1. The number of rotatable bonds is 8. The second kappa shape index (κ2) is 10.7. The minimum absolute atomic E-state index is 0.0297. The number of nitrogens with one attached hydrogen (secondary N) is 1. The lowest BCUT2D eigenvalue weighted by atomic mass is 9.96. The maximum absolute atomic E-state index is 12.7. The van der Waals surface area contributed by atoms with E-state index in [1.165, 1.54) is 0 Å². The Morgan fingerprint density at radius 2 is 2.09 bits per heavy atom. The van der Waals surface area contributed by atoms with Crippen molar-refractivity contribution in [2.75, 3.05) is 13.1 Å². The zero-order valence-electron chi connectivity index (χ0n) is 18.7. The normalized spacial score (nSPS) is 16.5. The number of nitrogens with zero attached hydrogens (tertiary/aromatic N) is 5. The van der Waals surface area contributed by atoms with Crippen LogP contribution in [0.3, 0.4) is 0 Å². The van der Waals surface area contributed by atoms with E-state index in [-0.39, 0.29) is 22.9 Å². The Bertz CT molecular complexity index is 1190. The fourth-order valence-corrected chi connectivity index (χ4v) is 4.75. The Morgan fingerprint density at radius 3 is 2.88 bits per heavy atom. The van der Waals surface area contributed by atoms with Gasteiger partial charge in [0.15, 0.2) is 11.2 Å². The molecule has 1 N–H and O–H groups in total. The molecule has 0 spiro atoms. The van der Waals surface area contributed by atoms with Gasteiger partial charge in [0.05, 0.1) is 6.54 Å². The molecule has 2 aromatic heterocycles. The average molecular weight is 491 g/mol. The highest BCUT2D eigenvalue weighted by molar-refractivity contribution is 6.35. The lowest BCUT2D eigenvalue weighted by Gasteiger charge is -2.32. The third kappa shape index (κ3) is 5.55. The van der Waals surface area contributed by atoms with E-state index < -0.39 is 0 Å².